The quantitative estimate of drug-likeness (QED) is 0.687. The first kappa shape index (κ1) is 8.18. The van der Waals surface area contributed by atoms with Crippen LogP contribution in [-0.4, -0.2) is 11.7 Å². The van der Waals surface area contributed by atoms with Crippen LogP contribution in [0.5, 0.6) is 0 Å². The van der Waals surface area contributed by atoms with E-state index in [4.69, 9.17) is 5.11 Å². The summed E-state index contributed by atoms with van der Waals surface area (Å²) in [6.07, 6.45) is 1.00. The van der Waals surface area contributed by atoms with Gasteiger partial charge in [0.1, 0.15) is 0 Å². The lowest BCUT2D eigenvalue weighted by molar-refractivity contribution is 0.339. The van der Waals surface area contributed by atoms with Gasteiger partial charge in [0, 0.05) is 4.48 Å². The number of allylic oxidation sites excluding steroid dienone is 1. The van der Waals surface area contributed by atoms with E-state index in [1.54, 1.807) is 0 Å². The van der Waals surface area contributed by atoms with Crippen molar-refractivity contribution in [3.8, 4) is 0 Å². The fourth-order valence-corrected chi connectivity index (χ4v) is 0.607. The summed E-state index contributed by atoms with van der Waals surface area (Å²) >= 11 is 3.23. The van der Waals surface area contributed by atoms with Crippen LogP contribution >= 0.6 is 15.9 Å². The van der Waals surface area contributed by atoms with Gasteiger partial charge in [-0.15, -0.1) is 0 Å². The van der Waals surface area contributed by atoms with Crippen LogP contribution in [0.4, 0.5) is 0 Å². The topological polar surface area (TPSA) is 20.2 Å². The van der Waals surface area contributed by atoms with E-state index in [1.807, 2.05) is 6.92 Å². The second-order valence-electron chi connectivity index (χ2n) is 1.70. The monoisotopic (exact) mass is 178 g/mol. The Kier molecular flexibility index (Phi) is 4.19. The fraction of sp³-hybridized carbons (Fsp3) is 0.667. The molecule has 0 fully saturated rings. The lowest BCUT2D eigenvalue weighted by Gasteiger charge is -1.96. The molecule has 1 nitrogen and oxygen atoms in total. The second kappa shape index (κ2) is 4.10. The lowest BCUT2D eigenvalue weighted by atomic mass is 10.2. The summed E-state index contributed by atoms with van der Waals surface area (Å²) in [5.41, 5.74) is 1.22. The van der Waals surface area contributed by atoms with Gasteiger partial charge in [-0.25, -0.2) is 0 Å². The molecule has 1 N–H and O–H groups in total. The van der Waals surface area contributed by atoms with Crippen molar-refractivity contribution in [3.05, 3.63) is 10.1 Å². The van der Waals surface area contributed by atoms with Gasteiger partial charge in [-0.2, -0.15) is 0 Å². The highest BCUT2D eigenvalue weighted by atomic mass is 79.9. The van der Waals surface area contributed by atoms with Crippen molar-refractivity contribution >= 4 is 15.9 Å². The van der Waals surface area contributed by atoms with E-state index in [1.165, 1.54) is 5.57 Å². The molecule has 8 heavy (non-hydrogen) atoms. The minimum atomic E-state index is 0.125. The van der Waals surface area contributed by atoms with Crippen molar-refractivity contribution in [1.82, 2.24) is 0 Å². The molecule has 0 aromatic carbocycles. The van der Waals surface area contributed by atoms with E-state index in [2.05, 4.69) is 22.9 Å². The van der Waals surface area contributed by atoms with Crippen LogP contribution in [0.1, 0.15) is 20.3 Å². The summed E-state index contributed by atoms with van der Waals surface area (Å²) in [5.74, 6) is 0. The Balaban J connectivity index is 3.83. The third-order valence-electron chi connectivity index (χ3n) is 1.13. The fourth-order valence-electron chi connectivity index (χ4n) is 0.327. The molecule has 0 aromatic heterocycles. The molecule has 0 heterocycles. The zero-order valence-corrected chi connectivity index (χ0v) is 6.83. The van der Waals surface area contributed by atoms with Crippen molar-refractivity contribution in [2.75, 3.05) is 6.61 Å². The highest BCUT2D eigenvalue weighted by Crippen LogP contribution is 2.12. The molecule has 0 saturated heterocycles. The molecule has 48 valence electrons. The Bertz CT molecular complexity index is 84.7. The molecule has 0 aliphatic carbocycles. The van der Waals surface area contributed by atoms with E-state index in [0.29, 0.717) is 0 Å². The lowest BCUT2D eigenvalue weighted by Crippen LogP contribution is -1.84. The van der Waals surface area contributed by atoms with Gasteiger partial charge in [0.15, 0.2) is 0 Å². The van der Waals surface area contributed by atoms with Crippen molar-refractivity contribution in [3.63, 3.8) is 0 Å². The van der Waals surface area contributed by atoms with E-state index >= 15 is 0 Å². The normalized spacial score (nSPS) is 13.5. The first-order valence-electron chi connectivity index (χ1n) is 2.67. The molecule has 0 aliphatic rings. The molecule has 0 unspecified atom stereocenters. The Morgan fingerprint density at radius 2 is 2.12 bits per heavy atom. The smallest absolute Gasteiger partial charge is 0.0746 e. The van der Waals surface area contributed by atoms with Gasteiger partial charge >= 0.3 is 0 Å². The summed E-state index contributed by atoms with van der Waals surface area (Å²) in [6, 6.07) is 0. The predicted octanol–water partition coefficient (Wildman–Crippen LogP) is 2.06. The predicted molar refractivity (Wildman–Crippen MR) is 39.0 cm³/mol. The van der Waals surface area contributed by atoms with Gasteiger partial charge in [0.25, 0.3) is 0 Å². The average molecular weight is 179 g/mol. The number of halogens is 1. The summed E-state index contributed by atoms with van der Waals surface area (Å²) in [4.78, 5) is 0. The summed E-state index contributed by atoms with van der Waals surface area (Å²) < 4.78 is 0.917. The van der Waals surface area contributed by atoms with Crippen LogP contribution in [0.25, 0.3) is 0 Å². The van der Waals surface area contributed by atoms with Gasteiger partial charge in [0.05, 0.1) is 6.61 Å². The maximum Gasteiger partial charge on any atom is 0.0746 e. The van der Waals surface area contributed by atoms with Crippen molar-refractivity contribution in [1.29, 1.82) is 0 Å². The van der Waals surface area contributed by atoms with Crippen LogP contribution < -0.4 is 0 Å². The molecule has 0 amide bonds. The van der Waals surface area contributed by atoms with Crippen LogP contribution in [-0.2, 0) is 0 Å². The number of hydrogen-bond acceptors (Lipinski definition) is 1. The van der Waals surface area contributed by atoms with Crippen LogP contribution in [0.2, 0.25) is 0 Å². The number of aliphatic hydroxyl groups excluding tert-OH is 1. The highest BCUT2D eigenvalue weighted by Gasteiger charge is 1.91. The molecular weight excluding hydrogens is 168 g/mol. The Morgan fingerprint density at radius 1 is 1.62 bits per heavy atom. The minimum absolute atomic E-state index is 0.125. The van der Waals surface area contributed by atoms with Crippen molar-refractivity contribution in [2.45, 2.75) is 20.3 Å². The SMILES string of the molecule is CC/C(C)=C(/Br)CO. The summed E-state index contributed by atoms with van der Waals surface area (Å²) in [7, 11) is 0. The molecule has 0 bridgehead atoms. The van der Waals surface area contributed by atoms with Gasteiger partial charge in [-0.05, 0) is 13.3 Å². The standard InChI is InChI=1S/C6H11BrO/c1-3-5(2)6(7)4-8/h8H,3-4H2,1-2H3/b6-5+. The Morgan fingerprint density at radius 3 is 2.25 bits per heavy atom. The van der Waals surface area contributed by atoms with E-state index in [9.17, 15) is 0 Å². The second-order valence-corrected chi connectivity index (χ2v) is 2.65. The van der Waals surface area contributed by atoms with Crippen LogP contribution in [0.3, 0.4) is 0 Å². The molecule has 0 rings (SSSR count). The molecule has 0 saturated carbocycles. The first-order chi connectivity index (χ1) is 3.72. The molecule has 0 spiro atoms. The number of hydrogen-bond donors (Lipinski definition) is 1. The zero-order valence-electron chi connectivity index (χ0n) is 5.24. The maximum atomic E-state index is 8.53. The molecule has 0 atom stereocenters. The highest BCUT2D eigenvalue weighted by molar-refractivity contribution is 9.11. The van der Waals surface area contributed by atoms with Crippen LogP contribution in [0.15, 0.2) is 10.1 Å². The van der Waals surface area contributed by atoms with E-state index in [-0.39, 0.29) is 6.61 Å². The summed E-state index contributed by atoms with van der Waals surface area (Å²) in [6.45, 7) is 4.19. The first-order valence-corrected chi connectivity index (χ1v) is 3.46. The molecule has 0 aliphatic heterocycles. The van der Waals surface area contributed by atoms with Gasteiger partial charge in [-0.1, -0.05) is 28.4 Å². The van der Waals surface area contributed by atoms with Gasteiger partial charge in [-0.3, -0.25) is 0 Å². The van der Waals surface area contributed by atoms with Gasteiger partial charge in [0.2, 0.25) is 0 Å². The maximum absolute atomic E-state index is 8.53. The van der Waals surface area contributed by atoms with Crippen molar-refractivity contribution < 1.29 is 5.11 Å². The number of aliphatic hydroxyl groups is 1. The average Bonchev–Trinajstić information content (AvgIpc) is 1.84. The largest absolute Gasteiger partial charge is 0.391 e. The third-order valence-corrected chi connectivity index (χ3v) is 2.06. The van der Waals surface area contributed by atoms with E-state index < -0.39 is 0 Å². The zero-order chi connectivity index (χ0) is 6.57. The number of rotatable bonds is 2. The van der Waals surface area contributed by atoms with Gasteiger partial charge < -0.3 is 5.11 Å². The van der Waals surface area contributed by atoms with E-state index in [0.717, 1.165) is 10.9 Å². The minimum Gasteiger partial charge on any atom is -0.391 e. The Labute approximate surface area is 58.5 Å². The summed E-state index contributed by atoms with van der Waals surface area (Å²) in [5, 5.41) is 8.53. The molecule has 2 heteroatoms. The molecular formula is C6H11BrO. The van der Waals surface area contributed by atoms with Crippen LogP contribution in [0, 0.1) is 0 Å². The third kappa shape index (κ3) is 2.48. The Hall–Kier alpha value is 0.180. The van der Waals surface area contributed by atoms with Crippen molar-refractivity contribution in [2.24, 2.45) is 0 Å². The molecule has 0 aromatic rings. The molecule has 0 radical (unpaired) electrons.